The molecule has 0 atom stereocenters. The molecule has 0 fully saturated rings. The Bertz CT molecular complexity index is 922. The van der Waals surface area contributed by atoms with E-state index in [4.69, 9.17) is 16.3 Å². The van der Waals surface area contributed by atoms with Crippen molar-refractivity contribution in [2.24, 2.45) is 0 Å². The van der Waals surface area contributed by atoms with E-state index in [0.29, 0.717) is 15.7 Å². The lowest BCUT2D eigenvalue weighted by Gasteiger charge is -2.02. The fraction of sp³-hybridized carbons (Fsp3) is 0.167. The molecule has 3 aromatic rings. The lowest BCUT2D eigenvalue weighted by Crippen LogP contribution is -2.13. The second kappa shape index (κ2) is 7.63. The van der Waals surface area contributed by atoms with Gasteiger partial charge in [-0.1, -0.05) is 22.9 Å². The van der Waals surface area contributed by atoms with Crippen LogP contribution in [0, 0.1) is 0 Å². The van der Waals surface area contributed by atoms with Crippen LogP contribution in [0.15, 0.2) is 42.5 Å². The lowest BCUT2D eigenvalue weighted by atomic mass is 10.1. The van der Waals surface area contributed by atoms with E-state index < -0.39 is 0 Å². The Morgan fingerprint density at radius 3 is 2.64 bits per heavy atom. The fourth-order valence-electron chi connectivity index (χ4n) is 2.27. The van der Waals surface area contributed by atoms with Crippen LogP contribution in [0.1, 0.15) is 23.2 Å². The first-order valence-corrected chi connectivity index (χ1v) is 8.78. The predicted octanol–water partition coefficient (Wildman–Crippen LogP) is 4.56. The average molecular weight is 375 g/mol. The first kappa shape index (κ1) is 17.4. The van der Waals surface area contributed by atoms with Crippen molar-refractivity contribution in [1.29, 1.82) is 0 Å². The topological polar surface area (TPSA) is 68.3 Å². The Morgan fingerprint density at radius 2 is 1.92 bits per heavy atom. The fourth-order valence-corrected chi connectivity index (χ4v) is 3.31. The number of hydrogen-bond donors (Lipinski definition) is 1. The maximum Gasteiger partial charge on any atom is 0.226 e. The van der Waals surface area contributed by atoms with Gasteiger partial charge in [-0.2, -0.15) is 0 Å². The molecule has 128 valence electrons. The third-order valence-corrected chi connectivity index (χ3v) is 4.77. The quantitative estimate of drug-likeness (QED) is 0.642. The number of rotatable bonds is 6. The molecule has 0 bridgehead atoms. The standard InChI is InChI=1S/C18H15ClN2O3S/c1-24-13-6-7-14-16(10-13)25-18(20-14)21-17(23)9-8-15(22)11-2-4-12(19)5-3-11/h2-7,10H,8-9H2,1H3,(H,20,21,23). The zero-order chi connectivity index (χ0) is 17.8. The highest BCUT2D eigenvalue weighted by atomic mass is 35.5. The minimum Gasteiger partial charge on any atom is -0.497 e. The monoisotopic (exact) mass is 374 g/mol. The molecule has 5 nitrogen and oxygen atoms in total. The van der Waals surface area contributed by atoms with E-state index in [1.807, 2.05) is 18.2 Å². The normalized spacial score (nSPS) is 10.6. The van der Waals surface area contributed by atoms with Gasteiger partial charge in [0, 0.05) is 23.4 Å². The van der Waals surface area contributed by atoms with Gasteiger partial charge in [-0.05, 0) is 42.5 Å². The number of ether oxygens (including phenoxy) is 1. The number of benzene rings is 2. The van der Waals surface area contributed by atoms with Gasteiger partial charge < -0.3 is 10.1 Å². The summed E-state index contributed by atoms with van der Waals surface area (Å²) >= 11 is 7.16. The number of carbonyl (C=O) groups excluding carboxylic acids is 2. The third kappa shape index (κ3) is 4.35. The minimum absolute atomic E-state index is 0.0964. The molecule has 0 saturated carbocycles. The van der Waals surface area contributed by atoms with Crippen LogP contribution in [0.5, 0.6) is 5.75 Å². The first-order chi connectivity index (χ1) is 12.0. The summed E-state index contributed by atoms with van der Waals surface area (Å²) in [6, 6.07) is 12.1. The van der Waals surface area contributed by atoms with E-state index in [1.165, 1.54) is 11.3 Å². The zero-order valence-corrected chi connectivity index (χ0v) is 15.0. The number of ketones is 1. The summed E-state index contributed by atoms with van der Waals surface area (Å²) in [7, 11) is 1.60. The number of fused-ring (bicyclic) bond motifs is 1. The molecule has 1 amide bonds. The van der Waals surface area contributed by atoms with E-state index in [-0.39, 0.29) is 24.5 Å². The number of anilines is 1. The molecule has 1 heterocycles. The van der Waals surface area contributed by atoms with Crippen molar-refractivity contribution < 1.29 is 14.3 Å². The molecule has 0 saturated heterocycles. The molecular weight excluding hydrogens is 360 g/mol. The van der Waals surface area contributed by atoms with Crippen molar-refractivity contribution in [2.45, 2.75) is 12.8 Å². The molecule has 3 rings (SSSR count). The smallest absolute Gasteiger partial charge is 0.226 e. The maximum atomic E-state index is 12.1. The molecule has 1 N–H and O–H groups in total. The van der Waals surface area contributed by atoms with Crippen molar-refractivity contribution in [3.8, 4) is 5.75 Å². The minimum atomic E-state index is -0.242. The molecule has 0 aliphatic heterocycles. The summed E-state index contributed by atoms with van der Waals surface area (Å²) in [4.78, 5) is 28.5. The number of carbonyl (C=O) groups is 2. The van der Waals surface area contributed by atoms with Crippen LogP contribution in [0.3, 0.4) is 0 Å². The Hall–Kier alpha value is -2.44. The lowest BCUT2D eigenvalue weighted by molar-refractivity contribution is -0.116. The van der Waals surface area contributed by atoms with Gasteiger partial charge in [0.15, 0.2) is 10.9 Å². The highest BCUT2D eigenvalue weighted by Gasteiger charge is 2.12. The van der Waals surface area contributed by atoms with E-state index in [2.05, 4.69) is 10.3 Å². The number of halogens is 1. The summed E-state index contributed by atoms with van der Waals surface area (Å²) < 4.78 is 6.10. The van der Waals surface area contributed by atoms with Crippen molar-refractivity contribution in [1.82, 2.24) is 4.98 Å². The van der Waals surface area contributed by atoms with Crippen LogP contribution in [-0.2, 0) is 4.79 Å². The number of nitrogens with one attached hydrogen (secondary N) is 1. The van der Waals surface area contributed by atoms with Gasteiger partial charge in [0.1, 0.15) is 5.75 Å². The van der Waals surface area contributed by atoms with Crippen LogP contribution in [-0.4, -0.2) is 23.8 Å². The Labute approximate surface area is 153 Å². The van der Waals surface area contributed by atoms with Crippen LogP contribution in [0.25, 0.3) is 10.2 Å². The van der Waals surface area contributed by atoms with E-state index in [9.17, 15) is 9.59 Å². The molecule has 25 heavy (non-hydrogen) atoms. The summed E-state index contributed by atoms with van der Waals surface area (Å²) in [6.07, 6.45) is 0.229. The van der Waals surface area contributed by atoms with Crippen molar-refractivity contribution in [2.75, 3.05) is 12.4 Å². The SMILES string of the molecule is COc1ccc2nc(NC(=O)CCC(=O)c3ccc(Cl)cc3)sc2c1. The number of hydrogen-bond acceptors (Lipinski definition) is 5. The summed E-state index contributed by atoms with van der Waals surface area (Å²) in [5.74, 6) is 0.400. The van der Waals surface area contributed by atoms with E-state index in [0.717, 1.165) is 16.0 Å². The van der Waals surface area contributed by atoms with Crippen molar-refractivity contribution in [3.05, 3.63) is 53.1 Å². The Balaban J connectivity index is 1.58. The molecule has 0 aliphatic rings. The Morgan fingerprint density at radius 1 is 1.16 bits per heavy atom. The van der Waals surface area contributed by atoms with Gasteiger partial charge in [-0.3, -0.25) is 9.59 Å². The van der Waals surface area contributed by atoms with Crippen LogP contribution in [0.4, 0.5) is 5.13 Å². The van der Waals surface area contributed by atoms with Gasteiger partial charge in [0.25, 0.3) is 0 Å². The molecule has 0 spiro atoms. The Kier molecular flexibility index (Phi) is 5.31. The molecule has 2 aromatic carbocycles. The number of methoxy groups -OCH3 is 1. The van der Waals surface area contributed by atoms with Crippen molar-refractivity contribution >= 4 is 50.0 Å². The number of aromatic nitrogens is 1. The summed E-state index contributed by atoms with van der Waals surface area (Å²) in [5, 5.41) is 3.82. The molecule has 1 aromatic heterocycles. The van der Waals surface area contributed by atoms with Gasteiger partial charge in [0.2, 0.25) is 5.91 Å². The zero-order valence-electron chi connectivity index (χ0n) is 13.4. The molecule has 0 radical (unpaired) electrons. The predicted molar refractivity (Wildman–Crippen MR) is 99.8 cm³/mol. The molecule has 0 aliphatic carbocycles. The van der Waals surface area contributed by atoms with Gasteiger partial charge >= 0.3 is 0 Å². The van der Waals surface area contributed by atoms with Crippen LogP contribution < -0.4 is 10.1 Å². The second-order valence-electron chi connectivity index (χ2n) is 5.33. The van der Waals surface area contributed by atoms with E-state index in [1.54, 1.807) is 31.4 Å². The number of Topliss-reactive ketones (excluding diaryl/α,β-unsaturated/α-hetero) is 1. The summed E-state index contributed by atoms with van der Waals surface area (Å²) in [5.41, 5.74) is 1.34. The van der Waals surface area contributed by atoms with Gasteiger partial charge in [-0.25, -0.2) is 4.98 Å². The van der Waals surface area contributed by atoms with E-state index >= 15 is 0 Å². The maximum absolute atomic E-state index is 12.1. The number of thiazole rings is 1. The number of amides is 1. The van der Waals surface area contributed by atoms with Crippen molar-refractivity contribution in [3.63, 3.8) is 0 Å². The molecular formula is C18H15ClN2O3S. The second-order valence-corrected chi connectivity index (χ2v) is 6.80. The van der Waals surface area contributed by atoms with Gasteiger partial charge in [0.05, 0.1) is 17.3 Å². The highest BCUT2D eigenvalue weighted by Crippen LogP contribution is 2.29. The summed E-state index contributed by atoms with van der Waals surface area (Å²) in [6.45, 7) is 0. The molecule has 7 heteroatoms. The van der Waals surface area contributed by atoms with Crippen LogP contribution in [0.2, 0.25) is 5.02 Å². The first-order valence-electron chi connectivity index (χ1n) is 7.58. The average Bonchev–Trinajstić information content (AvgIpc) is 3.01. The molecule has 0 unspecified atom stereocenters. The number of nitrogens with zero attached hydrogens (tertiary/aromatic N) is 1. The largest absolute Gasteiger partial charge is 0.497 e. The third-order valence-electron chi connectivity index (χ3n) is 3.59. The van der Waals surface area contributed by atoms with Gasteiger partial charge in [-0.15, -0.1) is 0 Å². The highest BCUT2D eigenvalue weighted by molar-refractivity contribution is 7.22. The van der Waals surface area contributed by atoms with Crippen LogP contribution >= 0.6 is 22.9 Å².